The van der Waals surface area contributed by atoms with Crippen LogP contribution in [-0.4, -0.2) is 56.5 Å². The van der Waals surface area contributed by atoms with Gasteiger partial charge in [-0.25, -0.2) is 24.1 Å². The minimum atomic E-state index is -1.11. The third-order valence-electron chi connectivity index (χ3n) is 5.28. The fourth-order valence-corrected chi connectivity index (χ4v) is 3.69. The topological polar surface area (TPSA) is 106 Å². The highest BCUT2D eigenvalue weighted by Crippen LogP contribution is 2.26. The number of carboxylic acids is 1. The van der Waals surface area contributed by atoms with Gasteiger partial charge < -0.3 is 14.7 Å². The van der Waals surface area contributed by atoms with Crippen LogP contribution in [0.4, 0.5) is 4.39 Å². The molecule has 1 N–H and O–H groups in total. The maximum Gasteiger partial charge on any atom is 0.335 e. The average Bonchev–Trinajstić information content (AvgIpc) is 2.83. The molecule has 1 aliphatic heterocycles. The number of hydrogen-bond donors (Lipinski definition) is 1. The molecule has 4 rings (SSSR count). The number of amides is 1. The smallest absolute Gasteiger partial charge is 0.335 e. The van der Waals surface area contributed by atoms with E-state index in [1.165, 1.54) is 24.3 Å². The van der Waals surface area contributed by atoms with Crippen molar-refractivity contribution >= 4 is 11.9 Å². The summed E-state index contributed by atoms with van der Waals surface area (Å²) in [6.07, 6.45) is 5.88. The summed E-state index contributed by atoms with van der Waals surface area (Å²) in [6, 6.07) is 8.79. The van der Waals surface area contributed by atoms with E-state index < -0.39 is 11.8 Å². The Balaban J connectivity index is 1.53. The largest absolute Gasteiger partial charge is 0.478 e. The second kappa shape index (κ2) is 9.51. The molecule has 1 aliphatic rings. The van der Waals surface area contributed by atoms with Gasteiger partial charge in [-0.05, 0) is 43.2 Å². The van der Waals surface area contributed by atoms with E-state index in [0.717, 1.165) is 19.0 Å². The van der Waals surface area contributed by atoms with E-state index in [4.69, 9.17) is 4.74 Å². The molecule has 0 spiro atoms. The fraction of sp³-hybridized carbons (Fsp3) is 0.261. The normalized spacial score (nSPS) is 15.9. The zero-order valence-corrected chi connectivity index (χ0v) is 17.1. The van der Waals surface area contributed by atoms with Crippen molar-refractivity contribution in [2.24, 2.45) is 5.92 Å². The van der Waals surface area contributed by atoms with E-state index in [9.17, 15) is 19.1 Å². The highest BCUT2D eigenvalue weighted by molar-refractivity contribution is 6.02. The Hall–Kier alpha value is -3.88. The predicted octanol–water partition coefficient (Wildman–Crippen LogP) is 3.31. The van der Waals surface area contributed by atoms with Crippen molar-refractivity contribution < 1.29 is 23.8 Å². The number of pyridine rings is 1. The van der Waals surface area contributed by atoms with E-state index in [2.05, 4.69) is 15.0 Å². The first-order chi connectivity index (χ1) is 15.5. The average molecular weight is 436 g/mol. The first kappa shape index (κ1) is 21.4. The van der Waals surface area contributed by atoms with Gasteiger partial charge in [-0.15, -0.1) is 0 Å². The van der Waals surface area contributed by atoms with E-state index in [1.54, 1.807) is 29.4 Å². The molecular formula is C23H21FN4O4. The summed E-state index contributed by atoms with van der Waals surface area (Å²) < 4.78 is 18.7. The van der Waals surface area contributed by atoms with Crippen LogP contribution in [0.15, 0.2) is 55.0 Å². The Morgan fingerprint density at radius 2 is 1.97 bits per heavy atom. The molecule has 1 fully saturated rings. The summed E-state index contributed by atoms with van der Waals surface area (Å²) in [7, 11) is 0. The molecule has 1 aromatic carbocycles. The molecule has 2 aromatic heterocycles. The summed E-state index contributed by atoms with van der Waals surface area (Å²) in [5.41, 5.74) is 0.750. The van der Waals surface area contributed by atoms with Crippen molar-refractivity contribution in [2.75, 3.05) is 19.7 Å². The molecule has 0 radical (unpaired) electrons. The van der Waals surface area contributed by atoms with E-state index in [0.29, 0.717) is 37.0 Å². The number of halogens is 1. The van der Waals surface area contributed by atoms with Crippen LogP contribution < -0.4 is 4.74 Å². The van der Waals surface area contributed by atoms with Gasteiger partial charge in [-0.1, -0.05) is 0 Å². The van der Waals surface area contributed by atoms with Gasteiger partial charge in [-0.3, -0.25) is 4.79 Å². The van der Waals surface area contributed by atoms with Gasteiger partial charge >= 0.3 is 5.97 Å². The third kappa shape index (κ3) is 4.88. The molecule has 8 nitrogen and oxygen atoms in total. The fourth-order valence-electron chi connectivity index (χ4n) is 3.69. The highest BCUT2D eigenvalue weighted by atomic mass is 19.1. The van der Waals surface area contributed by atoms with Gasteiger partial charge in [0.2, 0.25) is 5.88 Å². The number of likely N-dealkylation sites (tertiary alicyclic amines) is 1. The molecule has 3 aromatic rings. The standard InChI is InChI=1S/C23H21FN4O4/c24-17-5-7-20(27-12-17)32-14-15-3-1-10-28(13-15)22(29)19-11-16(23(30)31)4-6-18(19)21-25-8-2-9-26-21/h2,4-9,11-12,15H,1,3,10,13-14H2,(H,30,31). The zero-order valence-electron chi connectivity index (χ0n) is 17.1. The summed E-state index contributed by atoms with van der Waals surface area (Å²) in [6.45, 7) is 1.34. The van der Waals surface area contributed by atoms with Crippen LogP contribution in [0.2, 0.25) is 0 Å². The molecule has 1 atom stereocenters. The Bertz CT molecular complexity index is 1110. The van der Waals surface area contributed by atoms with E-state index >= 15 is 0 Å². The van der Waals surface area contributed by atoms with E-state index in [1.807, 2.05) is 0 Å². The van der Waals surface area contributed by atoms with Gasteiger partial charge in [0.1, 0.15) is 5.82 Å². The van der Waals surface area contributed by atoms with Gasteiger partial charge in [0.05, 0.1) is 23.9 Å². The van der Waals surface area contributed by atoms with Crippen molar-refractivity contribution in [1.82, 2.24) is 19.9 Å². The lowest BCUT2D eigenvalue weighted by atomic mass is 9.96. The van der Waals surface area contributed by atoms with Crippen LogP contribution in [0.25, 0.3) is 11.4 Å². The van der Waals surface area contributed by atoms with Gasteiger partial charge in [-0.2, -0.15) is 0 Å². The quantitative estimate of drug-likeness (QED) is 0.632. The van der Waals surface area contributed by atoms with Gasteiger partial charge in [0.25, 0.3) is 5.91 Å². The number of benzene rings is 1. The number of nitrogens with zero attached hydrogens (tertiary/aromatic N) is 4. The second-order valence-corrected chi connectivity index (χ2v) is 7.52. The van der Waals surface area contributed by atoms with Crippen molar-refractivity contribution in [3.05, 3.63) is 71.9 Å². The highest BCUT2D eigenvalue weighted by Gasteiger charge is 2.28. The molecule has 32 heavy (non-hydrogen) atoms. The molecule has 1 unspecified atom stereocenters. The summed E-state index contributed by atoms with van der Waals surface area (Å²) in [5, 5.41) is 9.40. The van der Waals surface area contributed by atoms with Crippen LogP contribution in [-0.2, 0) is 0 Å². The summed E-state index contributed by atoms with van der Waals surface area (Å²) >= 11 is 0. The van der Waals surface area contributed by atoms with Gasteiger partial charge in [0, 0.05) is 43.0 Å². The minimum absolute atomic E-state index is 0.0207. The lowest BCUT2D eigenvalue weighted by Crippen LogP contribution is -2.41. The van der Waals surface area contributed by atoms with Crippen LogP contribution in [0.1, 0.15) is 33.6 Å². The monoisotopic (exact) mass is 436 g/mol. The number of aromatic carboxylic acids is 1. The van der Waals surface area contributed by atoms with Gasteiger partial charge in [0.15, 0.2) is 5.82 Å². The number of aromatic nitrogens is 3. The van der Waals surface area contributed by atoms with Crippen molar-refractivity contribution in [3.63, 3.8) is 0 Å². The first-order valence-corrected chi connectivity index (χ1v) is 10.2. The van der Waals surface area contributed by atoms with Crippen molar-refractivity contribution in [3.8, 4) is 17.3 Å². The number of carbonyl (C=O) groups is 2. The van der Waals surface area contributed by atoms with Crippen molar-refractivity contribution in [1.29, 1.82) is 0 Å². The number of piperidine rings is 1. The molecule has 1 saturated heterocycles. The molecule has 1 amide bonds. The Labute approximate surface area is 183 Å². The second-order valence-electron chi connectivity index (χ2n) is 7.52. The van der Waals surface area contributed by atoms with Crippen LogP contribution in [0.5, 0.6) is 5.88 Å². The molecular weight excluding hydrogens is 415 g/mol. The van der Waals surface area contributed by atoms with Crippen LogP contribution in [0.3, 0.4) is 0 Å². The molecule has 9 heteroatoms. The molecule has 0 bridgehead atoms. The number of carboxylic acid groups (broad SMARTS) is 1. The Morgan fingerprint density at radius 3 is 2.69 bits per heavy atom. The van der Waals surface area contributed by atoms with Crippen molar-refractivity contribution in [2.45, 2.75) is 12.8 Å². The SMILES string of the molecule is O=C(O)c1ccc(-c2ncccn2)c(C(=O)N2CCCC(COc3ccc(F)cn3)C2)c1. The van der Waals surface area contributed by atoms with E-state index in [-0.39, 0.29) is 23.0 Å². The molecule has 164 valence electrons. The van der Waals surface area contributed by atoms with Crippen LogP contribution >= 0.6 is 0 Å². The molecule has 0 aliphatic carbocycles. The minimum Gasteiger partial charge on any atom is -0.478 e. The first-order valence-electron chi connectivity index (χ1n) is 10.2. The lowest BCUT2D eigenvalue weighted by Gasteiger charge is -2.33. The predicted molar refractivity (Wildman–Crippen MR) is 113 cm³/mol. The number of carbonyl (C=O) groups excluding carboxylic acids is 1. The maximum absolute atomic E-state index is 13.4. The number of hydrogen-bond acceptors (Lipinski definition) is 6. The maximum atomic E-state index is 13.4. The molecule has 0 saturated carbocycles. The third-order valence-corrected chi connectivity index (χ3v) is 5.28. The summed E-state index contributed by atoms with van der Waals surface area (Å²) in [5.74, 6) is -1.08. The summed E-state index contributed by atoms with van der Waals surface area (Å²) in [4.78, 5) is 38.9. The number of rotatable bonds is 6. The Morgan fingerprint density at radius 1 is 1.16 bits per heavy atom. The van der Waals surface area contributed by atoms with Crippen LogP contribution in [0, 0.1) is 11.7 Å². The Kier molecular flexibility index (Phi) is 6.34. The molecule has 3 heterocycles. The lowest BCUT2D eigenvalue weighted by molar-refractivity contribution is 0.0632. The number of ether oxygens (including phenoxy) is 1. The zero-order chi connectivity index (χ0) is 22.5.